The Morgan fingerprint density at radius 2 is 2.00 bits per heavy atom. The minimum Gasteiger partial charge on any atom is -0.324 e. The van der Waals surface area contributed by atoms with Crippen molar-refractivity contribution in [1.29, 1.82) is 0 Å². The molecule has 1 N–H and O–H groups in total. The second-order valence-electron chi connectivity index (χ2n) is 5.69. The molecule has 0 unspecified atom stereocenters. The quantitative estimate of drug-likeness (QED) is 0.734. The van der Waals surface area contributed by atoms with Crippen LogP contribution in [0.1, 0.15) is 0 Å². The number of aromatic nitrogens is 2. The molecule has 0 spiro atoms. The van der Waals surface area contributed by atoms with Gasteiger partial charge in [-0.2, -0.15) is 0 Å². The fraction of sp³-hybridized carbons (Fsp3) is 0.118. The minimum atomic E-state index is -3.38. The average Bonchev–Trinajstić information content (AvgIpc) is 2.57. The van der Waals surface area contributed by atoms with Gasteiger partial charge in [0.15, 0.2) is 9.84 Å². The zero-order valence-electron chi connectivity index (χ0n) is 13.6. The summed E-state index contributed by atoms with van der Waals surface area (Å²) in [6.45, 7) is -0.266. The number of hydrogen-bond acceptors (Lipinski definition) is 5. The number of hydrogen-bond donors (Lipinski definition) is 1. The predicted molar refractivity (Wildman–Crippen MR) is 99.2 cm³/mol. The Balaban J connectivity index is 1.84. The Hall–Kier alpha value is -2.71. The summed E-state index contributed by atoms with van der Waals surface area (Å²) >= 11 is 5.90. The molecule has 0 aliphatic carbocycles. The number of carbonyl (C=O) groups is 1. The summed E-state index contributed by atoms with van der Waals surface area (Å²) in [4.78, 5) is 28.9. The first-order valence-electron chi connectivity index (χ1n) is 7.49. The highest BCUT2D eigenvalue weighted by Gasteiger charge is 2.11. The van der Waals surface area contributed by atoms with Gasteiger partial charge in [-0.25, -0.2) is 13.4 Å². The first-order chi connectivity index (χ1) is 12.2. The number of anilines is 1. The van der Waals surface area contributed by atoms with Crippen molar-refractivity contribution in [1.82, 2.24) is 9.55 Å². The summed E-state index contributed by atoms with van der Waals surface area (Å²) < 4.78 is 24.3. The van der Waals surface area contributed by atoms with Gasteiger partial charge in [0.2, 0.25) is 5.91 Å². The molecule has 0 saturated heterocycles. The topological polar surface area (TPSA) is 98.1 Å². The molecule has 9 heteroatoms. The highest BCUT2D eigenvalue weighted by molar-refractivity contribution is 7.90. The van der Waals surface area contributed by atoms with Gasteiger partial charge >= 0.3 is 0 Å². The zero-order chi connectivity index (χ0) is 18.9. The third-order valence-corrected chi connectivity index (χ3v) is 4.99. The standard InChI is InChI=1S/C17H14ClN3O4S/c1-26(24,25)13-4-2-3-12(8-13)20-16(22)9-21-10-19-15-6-5-11(18)7-14(15)17(21)23/h2-8,10H,9H2,1H3,(H,20,22). The van der Waals surface area contributed by atoms with E-state index in [2.05, 4.69) is 10.3 Å². The Kier molecular flexibility index (Phi) is 4.80. The lowest BCUT2D eigenvalue weighted by atomic mass is 10.2. The van der Waals surface area contributed by atoms with Gasteiger partial charge in [0.25, 0.3) is 5.56 Å². The predicted octanol–water partition coefficient (Wildman–Crippen LogP) is 2.09. The van der Waals surface area contributed by atoms with E-state index in [1.165, 1.54) is 30.6 Å². The monoisotopic (exact) mass is 391 g/mol. The van der Waals surface area contributed by atoms with Crippen molar-refractivity contribution in [2.24, 2.45) is 0 Å². The number of halogens is 1. The number of nitrogens with one attached hydrogen (secondary N) is 1. The molecular formula is C17H14ClN3O4S. The lowest BCUT2D eigenvalue weighted by Gasteiger charge is -2.09. The summed E-state index contributed by atoms with van der Waals surface area (Å²) in [5, 5.41) is 3.28. The van der Waals surface area contributed by atoms with Crippen LogP contribution in [0.15, 0.2) is 58.5 Å². The second kappa shape index (κ2) is 6.89. The number of rotatable bonds is 4. The van der Waals surface area contributed by atoms with Gasteiger partial charge in [0.1, 0.15) is 6.54 Å². The summed E-state index contributed by atoms with van der Waals surface area (Å²) in [5.74, 6) is -0.485. The summed E-state index contributed by atoms with van der Waals surface area (Å²) in [6, 6.07) is 10.6. The SMILES string of the molecule is CS(=O)(=O)c1cccc(NC(=O)Cn2cnc3ccc(Cl)cc3c2=O)c1. The van der Waals surface area contributed by atoms with E-state index < -0.39 is 21.3 Å². The molecule has 26 heavy (non-hydrogen) atoms. The van der Waals surface area contributed by atoms with Crippen molar-refractivity contribution in [2.45, 2.75) is 11.4 Å². The summed E-state index contributed by atoms with van der Waals surface area (Å²) in [6.07, 6.45) is 2.37. The van der Waals surface area contributed by atoms with Crippen molar-refractivity contribution < 1.29 is 13.2 Å². The van der Waals surface area contributed by atoms with Crippen LogP contribution in [0, 0.1) is 0 Å². The van der Waals surface area contributed by atoms with Crippen LogP contribution in [0.2, 0.25) is 5.02 Å². The fourth-order valence-corrected chi connectivity index (χ4v) is 3.24. The number of benzene rings is 2. The van der Waals surface area contributed by atoms with E-state index in [9.17, 15) is 18.0 Å². The molecule has 0 fully saturated rings. The average molecular weight is 392 g/mol. The van der Waals surface area contributed by atoms with Gasteiger partial charge in [-0.05, 0) is 36.4 Å². The smallest absolute Gasteiger partial charge is 0.261 e. The summed E-state index contributed by atoms with van der Waals surface area (Å²) in [7, 11) is -3.38. The number of fused-ring (bicyclic) bond motifs is 1. The molecule has 0 saturated carbocycles. The molecule has 3 rings (SSSR count). The highest BCUT2D eigenvalue weighted by atomic mass is 35.5. The molecule has 1 heterocycles. The largest absolute Gasteiger partial charge is 0.324 e. The number of sulfone groups is 1. The van der Waals surface area contributed by atoms with Crippen LogP contribution >= 0.6 is 11.6 Å². The minimum absolute atomic E-state index is 0.0921. The van der Waals surface area contributed by atoms with Crippen molar-refractivity contribution in [3.8, 4) is 0 Å². The fourth-order valence-electron chi connectivity index (χ4n) is 2.40. The summed E-state index contributed by atoms with van der Waals surface area (Å²) in [5.41, 5.74) is 0.414. The normalized spacial score (nSPS) is 11.5. The lowest BCUT2D eigenvalue weighted by molar-refractivity contribution is -0.116. The van der Waals surface area contributed by atoms with E-state index in [1.807, 2.05) is 0 Å². The first-order valence-corrected chi connectivity index (χ1v) is 9.76. The maximum absolute atomic E-state index is 12.5. The molecule has 0 bridgehead atoms. The van der Waals surface area contributed by atoms with Crippen LogP contribution in [-0.4, -0.2) is 30.1 Å². The van der Waals surface area contributed by atoms with E-state index in [-0.39, 0.29) is 11.4 Å². The van der Waals surface area contributed by atoms with Crippen LogP contribution in [-0.2, 0) is 21.2 Å². The van der Waals surface area contributed by atoms with Crippen LogP contribution < -0.4 is 10.9 Å². The van der Waals surface area contributed by atoms with Gasteiger partial charge in [0, 0.05) is 17.0 Å². The van der Waals surface area contributed by atoms with Gasteiger partial charge in [-0.15, -0.1) is 0 Å². The maximum Gasteiger partial charge on any atom is 0.261 e. The lowest BCUT2D eigenvalue weighted by Crippen LogP contribution is -2.28. The second-order valence-corrected chi connectivity index (χ2v) is 8.14. The molecule has 134 valence electrons. The molecular weight excluding hydrogens is 378 g/mol. The van der Waals surface area contributed by atoms with E-state index in [0.717, 1.165) is 10.8 Å². The molecule has 3 aromatic rings. The van der Waals surface area contributed by atoms with Crippen LogP contribution in [0.3, 0.4) is 0 Å². The van der Waals surface area contributed by atoms with Crippen LogP contribution in [0.5, 0.6) is 0 Å². The number of nitrogens with zero attached hydrogens (tertiary/aromatic N) is 2. The van der Waals surface area contributed by atoms with E-state index in [0.29, 0.717) is 21.6 Å². The molecule has 0 atom stereocenters. The molecule has 0 aliphatic rings. The van der Waals surface area contributed by atoms with Gasteiger partial charge in [-0.3, -0.25) is 14.2 Å². The Morgan fingerprint density at radius 1 is 1.23 bits per heavy atom. The molecule has 1 amide bonds. The van der Waals surface area contributed by atoms with Crippen molar-refractivity contribution >= 4 is 43.9 Å². The van der Waals surface area contributed by atoms with Gasteiger partial charge in [0.05, 0.1) is 22.1 Å². The van der Waals surface area contributed by atoms with E-state index >= 15 is 0 Å². The van der Waals surface area contributed by atoms with Gasteiger partial charge in [-0.1, -0.05) is 17.7 Å². The van der Waals surface area contributed by atoms with E-state index in [1.54, 1.807) is 18.2 Å². The first kappa shape index (κ1) is 18.1. The Morgan fingerprint density at radius 3 is 2.73 bits per heavy atom. The third kappa shape index (κ3) is 3.92. The highest BCUT2D eigenvalue weighted by Crippen LogP contribution is 2.16. The van der Waals surface area contributed by atoms with Crippen molar-refractivity contribution in [3.63, 3.8) is 0 Å². The number of carbonyl (C=O) groups excluding carboxylic acids is 1. The molecule has 2 aromatic carbocycles. The van der Waals surface area contributed by atoms with Gasteiger partial charge < -0.3 is 5.32 Å². The molecule has 0 aliphatic heterocycles. The van der Waals surface area contributed by atoms with Crippen LogP contribution in [0.4, 0.5) is 5.69 Å². The molecule has 0 radical (unpaired) electrons. The third-order valence-electron chi connectivity index (χ3n) is 3.65. The maximum atomic E-state index is 12.5. The Bertz CT molecular complexity index is 1170. The Labute approximate surface area is 154 Å². The zero-order valence-corrected chi connectivity index (χ0v) is 15.2. The van der Waals surface area contributed by atoms with Crippen molar-refractivity contribution in [2.75, 3.05) is 11.6 Å². The van der Waals surface area contributed by atoms with Crippen molar-refractivity contribution in [3.05, 3.63) is 64.2 Å². The molecule has 7 nitrogen and oxygen atoms in total. The number of amides is 1. The molecule has 1 aromatic heterocycles. The van der Waals surface area contributed by atoms with Crippen LogP contribution in [0.25, 0.3) is 10.9 Å². The van der Waals surface area contributed by atoms with E-state index in [4.69, 9.17) is 11.6 Å².